The Morgan fingerprint density at radius 1 is 0.978 bits per heavy atom. The predicted octanol–water partition coefficient (Wildman–Crippen LogP) is 8.16. The van der Waals surface area contributed by atoms with E-state index < -0.39 is 5.60 Å². The number of hydrogen-bond acceptors (Lipinski definition) is 4. The summed E-state index contributed by atoms with van der Waals surface area (Å²) in [6.07, 6.45) is 16.2. The molecule has 0 bridgehead atoms. The summed E-state index contributed by atoms with van der Waals surface area (Å²) in [6.45, 7) is 7.03. The van der Waals surface area contributed by atoms with Crippen LogP contribution in [0.5, 0.6) is 0 Å². The lowest BCUT2D eigenvalue weighted by Crippen LogP contribution is -2.50. The molecule has 2 aromatic rings. The fourth-order valence-corrected chi connectivity index (χ4v) is 9.45. The molecule has 2 saturated carbocycles. The third kappa shape index (κ3) is 5.85. The van der Waals surface area contributed by atoms with Crippen LogP contribution >= 0.6 is 0 Å². The van der Waals surface area contributed by atoms with E-state index >= 15 is 0 Å². The molecule has 6 heteroatoms. The Morgan fingerprint density at radius 3 is 2.50 bits per heavy atom. The lowest BCUT2D eigenvalue weighted by atomic mass is 9.51. The van der Waals surface area contributed by atoms with Gasteiger partial charge in [0.05, 0.1) is 5.60 Å². The van der Waals surface area contributed by atoms with E-state index in [1.807, 2.05) is 24.3 Å². The molecule has 6 nitrogen and oxygen atoms in total. The number of urea groups is 1. The van der Waals surface area contributed by atoms with Crippen molar-refractivity contribution in [2.24, 2.45) is 17.3 Å². The quantitative estimate of drug-likeness (QED) is 0.305. The van der Waals surface area contributed by atoms with Gasteiger partial charge in [0.1, 0.15) is 0 Å². The smallest absolute Gasteiger partial charge is 0.319 e. The summed E-state index contributed by atoms with van der Waals surface area (Å²) in [7, 11) is 0. The standard InChI is InChI=1S/C40H49N3O3/c1-39-26-35(37-33-19-17-32(44)25-29(33)12-18-34(37)36(39)20-21-40(39,2)46)28-10-8-27(9-11-28)7-6-22-41-38(45)42-30-13-15-31(16-14-30)43-23-4-3-5-24-43/h6-11,13-16,25,34-36,46H,3-5,12,17-24,26H2,1-2H3,(H2,41,42,45)/b7-6+/t34?,35-,36?,39?,40+/m1/s1. The zero-order chi connectivity index (χ0) is 31.9. The lowest BCUT2D eigenvalue weighted by Gasteiger charge is -2.54. The van der Waals surface area contributed by atoms with Crippen molar-refractivity contribution in [2.75, 3.05) is 29.9 Å². The van der Waals surface area contributed by atoms with Crippen LogP contribution < -0.4 is 15.5 Å². The predicted molar refractivity (Wildman–Crippen MR) is 186 cm³/mol. The van der Waals surface area contributed by atoms with Crippen LogP contribution in [0.2, 0.25) is 0 Å². The van der Waals surface area contributed by atoms with E-state index in [9.17, 15) is 14.7 Å². The molecule has 5 aliphatic rings. The van der Waals surface area contributed by atoms with Gasteiger partial charge in [0.2, 0.25) is 0 Å². The Bertz CT molecular complexity index is 1560. The lowest BCUT2D eigenvalue weighted by molar-refractivity contribution is -0.114. The molecule has 7 rings (SSSR count). The minimum atomic E-state index is -0.663. The molecule has 242 valence electrons. The number of aliphatic hydroxyl groups is 1. The van der Waals surface area contributed by atoms with Crippen molar-refractivity contribution >= 4 is 29.3 Å². The molecule has 3 N–H and O–H groups in total. The van der Waals surface area contributed by atoms with Crippen LogP contribution in [0.1, 0.15) is 95.1 Å². The zero-order valence-corrected chi connectivity index (χ0v) is 27.5. The van der Waals surface area contributed by atoms with Gasteiger partial charge in [-0.2, -0.15) is 0 Å². The van der Waals surface area contributed by atoms with Crippen molar-refractivity contribution in [3.63, 3.8) is 0 Å². The maximum Gasteiger partial charge on any atom is 0.319 e. The monoisotopic (exact) mass is 619 g/mol. The first-order valence-electron chi connectivity index (χ1n) is 17.6. The van der Waals surface area contributed by atoms with Crippen LogP contribution in [0, 0.1) is 17.3 Å². The highest BCUT2D eigenvalue weighted by Gasteiger charge is 2.61. The van der Waals surface area contributed by atoms with Gasteiger partial charge in [0, 0.05) is 48.8 Å². The van der Waals surface area contributed by atoms with Crippen LogP contribution in [0.4, 0.5) is 16.2 Å². The number of carbonyl (C=O) groups is 2. The molecule has 0 spiro atoms. The molecule has 1 heterocycles. The first-order valence-corrected chi connectivity index (χ1v) is 17.6. The van der Waals surface area contributed by atoms with Crippen molar-refractivity contribution in [1.29, 1.82) is 0 Å². The van der Waals surface area contributed by atoms with E-state index in [-0.39, 0.29) is 23.1 Å². The van der Waals surface area contributed by atoms with E-state index in [1.54, 1.807) is 5.57 Å². The van der Waals surface area contributed by atoms with Gasteiger partial charge in [-0.05, 0) is 129 Å². The number of nitrogens with one attached hydrogen (secondary N) is 2. The number of piperidine rings is 1. The minimum absolute atomic E-state index is 0.127. The van der Waals surface area contributed by atoms with Gasteiger partial charge >= 0.3 is 6.03 Å². The topological polar surface area (TPSA) is 81.7 Å². The van der Waals surface area contributed by atoms with Crippen LogP contribution in [-0.2, 0) is 4.79 Å². The van der Waals surface area contributed by atoms with Gasteiger partial charge in [-0.25, -0.2) is 4.79 Å². The van der Waals surface area contributed by atoms with E-state index in [0.717, 1.165) is 62.9 Å². The highest BCUT2D eigenvalue weighted by molar-refractivity contribution is 5.93. The number of carbonyl (C=O) groups excluding carboxylic acids is 2. The van der Waals surface area contributed by atoms with Gasteiger partial charge in [0.15, 0.2) is 5.78 Å². The first kappa shape index (κ1) is 31.0. The Balaban J connectivity index is 1.01. The number of benzene rings is 2. The zero-order valence-electron chi connectivity index (χ0n) is 27.5. The van der Waals surface area contributed by atoms with Crippen molar-refractivity contribution < 1.29 is 14.7 Å². The number of rotatable bonds is 6. The second-order valence-corrected chi connectivity index (χ2v) is 14.8. The molecule has 1 aliphatic heterocycles. The van der Waals surface area contributed by atoms with Crippen LogP contribution in [0.25, 0.3) is 6.08 Å². The number of hydrogen-bond donors (Lipinski definition) is 3. The summed E-state index contributed by atoms with van der Waals surface area (Å²) in [5.74, 6) is 1.48. The van der Waals surface area contributed by atoms with Crippen molar-refractivity contribution in [3.8, 4) is 0 Å². The van der Waals surface area contributed by atoms with Crippen LogP contribution in [0.3, 0.4) is 0 Å². The number of fused-ring (bicyclic) bond motifs is 4. The van der Waals surface area contributed by atoms with Crippen LogP contribution in [0.15, 0.2) is 77.4 Å². The van der Waals surface area contributed by atoms with E-state index in [4.69, 9.17) is 0 Å². The molecule has 0 radical (unpaired) electrons. The molecule has 1 saturated heterocycles. The third-order valence-electron chi connectivity index (χ3n) is 12.2. The normalized spacial score (nSPS) is 30.8. The number of allylic oxidation sites excluding steroid dienone is 4. The molecule has 5 atom stereocenters. The average Bonchev–Trinajstić information content (AvgIpc) is 3.31. The summed E-state index contributed by atoms with van der Waals surface area (Å²) < 4.78 is 0. The fraction of sp³-hybridized carbons (Fsp3) is 0.500. The molecule has 2 aromatic carbocycles. The second kappa shape index (κ2) is 12.5. The largest absolute Gasteiger partial charge is 0.390 e. The summed E-state index contributed by atoms with van der Waals surface area (Å²) in [6, 6.07) is 16.7. The first-order chi connectivity index (χ1) is 22.2. The minimum Gasteiger partial charge on any atom is -0.390 e. The molecule has 46 heavy (non-hydrogen) atoms. The molecule has 4 aliphatic carbocycles. The summed E-state index contributed by atoms with van der Waals surface area (Å²) in [5, 5.41) is 17.5. The Kier molecular flexibility index (Phi) is 8.43. The van der Waals surface area contributed by atoms with Gasteiger partial charge in [-0.1, -0.05) is 48.9 Å². The maximum atomic E-state index is 12.5. The number of amides is 2. The molecular formula is C40H49N3O3. The van der Waals surface area contributed by atoms with Gasteiger partial charge in [-0.3, -0.25) is 4.79 Å². The highest BCUT2D eigenvalue weighted by Crippen LogP contribution is 2.66. The molecule has 2 amide bonds. The number of ketones is 1. The maximum absolute atomic E-state index is 12.5. The Morgan fingerprint density at radius 2 is 1.74 bits per heavy atom. The highest BCUT2D eigenvalue weighted by atomic mass is 16.3. The molecule has 3 unspecified atom stereocenters. The number of anilines is 2. The van der Waals surface area contributed by atoms with Crippen molar-refractivity contribution in [1.82, 2.24) is 5.32 Å². The molecule has 3 fully saturated rings. The molecule has 0 aromatic heterocycles. The van der Waals surface area contributed by atoms with Gasteiger partial charge in [-0.15, -0.1) is 0 Å². The Labute approximate surface area is 274 Å². The summed E-state index contributed by atoms with van der Waals surface area (Å²) in [5.41, 5.74) is 7.88. The van der Waals surface area contributed by atoms with Gasteiger partial charge in [0.25, 0.3) is 0 Å². The second-order valence-electron chi connectivity index (χ2n) is 14.8. The molecular weight excluding hydrogens is 570 g/mol. The SMILES string of the molecule is CC12C[C@H](c3ccc(/C=C/CNC(=O)Nc4ccc(N5CCCCC5)cc4)cc3)C3=C4CCC(=O)C=C4CCC3C1CC[C@]2(C)O. The van der Waals surface area contributed by atoms with E-state index in [1.165, 1.54) is 41.7 Å². The van der Waals surface area contributed by atoms with Crippen molar-refractivity contribution in [3.05, 3.63) is 88.5 Å². The Hall–Kier alpha value is -3.64. The van der Waals surface area contributed by atoms with Gasteiger partial charge < -0.3 is 20.6 Å². The van der Waals surface area contributed by atoms with Crippen molar-refractivity contribution in [2.45, 2.75) is 89.6 Å². The van der Waals surface area contributed by atoms with E-state index in [0.29, 0.717) is 24.8 Å². The fourth-order valence-electron chi connectivity index (χ4n) is 9.45. The third-order valence-corrected chi connectivity index (χ3v) is 12.2. The average molecular weight is 620 g/mol. The van der Waals surface area contributed by atoms with E-state index in [2.05, 4.69) is 71.9 Å². The summed E-state index contributed by atoms with van der Waals surface area (Å²) >= 11 is 0. The summed E-state index contributed by atoms with van der Waals surface area (Å²) in [4.78, 5) is 27.2. The number of nitrogens with zero attached hydrogens (tertiary/aromatic N) is 1. The van der Waals surface area contributed by atoms with Crippen LogP contribution in [-0.4, -0.2) is 42.2 Å².